The number of halogens is 2. The molecular formula is C15H19BrFN3. The van der Waals surface area contributed by atoms with Gasteiger partial charge in [0.05, 0.1) is 11.0 Å². The molecule has 1 N–H and O–H groups in total. The Kier molecular flexibility index (Phi) is 5.31. The van der Waals surface area contributed by atoms with Gasteiger partial charge in [0.15, 0.2) is 0 Å². The SMILES string of the molecule is CC(C)CNCc1nccn1Cc1ccc(F)c(Br)c1. The molecule has 0 spiro atoms. The van der Waals surface area contributed by atoms with E-state index in [1.165, 1.54) is 6.07 Å². The van der Waals surface area contributed by atoms with Crippen LogP contribution in [0.4, 0.5) is 4.39 Å². The van der Waals surface area contributed by atoms with Gasteiger partial charge in [0.2, 0.25) is 0 Å². The van der Waals surface area contributed by atoms with Crippen LogP contribution in [0.1, 0.15) is 25.2 Å². The standard InChI is InChI=1S/C15H19BrFN3/c1-11(2)8-18-9-15-19-5-6-20(15)10-12-3-4-14(17)13(16)7-12/h3-7,11,18H,8-10H2,1-2H3. The Balaban J connectivity index is 2.02. The first-order valence-electron chi connectivity index (χ1n) is 6.71. The van der Waals surface area contributed by atoms with Crippen molar-refractivity contribution in [2.24, 2.45) is 5.92 Å². The third kappa shape index (κ3) is 4.15. The van der Waals surface area contributed by atoms with E-state index in [1.54, 1.807) is 18.3 Å². The van der Waals surface area contributed by atoms with Gasteiger partial charge in [-0.3, -0.25) is 0 Å². The van der Waals surface area contributed by atoms with Crippen molar-refractivity contribution in [1.29, 1.82) is 0 Å². The number of aromatic nitrogens is 2. The van der Waals surface area contributed by atoms with Crippen LogP contribution in [-0.4, -0.2) is 16.1 Å². The van der Waals surface area contributed by atoms with Crippen molar-refractivity contribution in [3.8, 4) is 0 Å². The van der Waals surface area contributed by atoms with E-state index in [2.05, 4.69) is 44.6 Å². The lowest BCUT2D eigenvalue weighted by molar-refractivity contribution is 0.533. The summed E-state index contributed by atoms with van der Waals surface area (Å²) >= 11 is 3.21. The average molecular weight is 340 g/mol. The fourth-order valence-electron chi connectivity index (χ4n) is 1.96. The molecule has 2 aromatic rings. The van der Waals surface area contributed by atoms with E-state index in [4.69, 9.17) is 0 Å². The van der Waals surface area contributed by atoms with Crippen LogP contribution in [0.25, 0.3) is 0 Å². The highest BCUT2D eigenvalue weighted by Crippen LogP contribution is 2.17. The van der Waals surface area contributed by atoms with E-state index in [9.17, 15) is 4.39 Å². The van der Waals surface area contributed by atoms with Crippen LogP contribution in [0.5, 0.6) is 0 Å². The van der Waals surface area contributed by atoms with Gasteiger partial charge < -0.3 is 9.88 Å². The minimum Gasteiger partial charge on any atom is -0.329 e. The Morgan fingerprint density at radius 1 is 1.40 bits per heavy atom. The first kappa shape index (κ1) is 15.2. The Morgan fingerprint density at radius 3 is 2.90 bits per heavy atom. The van der Waals surface area contributed by atoms with Gasteiger partial charge in [0.1, 0.15) is 11.6 Å². The molecule has 1 heterocycles. The summed E-state index contributed by atoms with van der Waals surface area (Å²) in [6.07, 6.45) is 3.74. The van der Waals surface area contributed by atoms with Crippen molar-refractivity contribution in [2.45, 2.75) is 26.9 Å². The molecule has 2 rings (SSSR count). The molecule has 0 bridgehead atoms. The summed E-state index contributed by atoms with van der Waals surface area (Å²) in [6.45, 7) is 6.76. The maximum atomic E-state index is 13.2. The van der Waals surface area contributed by atoms with Gasteiger partial charge in [-0.15, -0.1) is 0 Å². The molecule has 0 unspecified atom stereocenters. The normalized spacial score (nSPS) is 11.2. The number of nitrogens with zero attached hydrogens (tertiary/aromatic N) is 2. The van der Waals surface area contributed by atoms with Crippen molar-refractivity contribution in [2.75, 3.05) is 6.54 Å². The zero-order valence-electron chi connectivity index (χ0n) is 11.7. The number of hydrogen-bond acceptors (Lipinski definition) is 2. The highest BCUT2D eigenvalue weighted by molar-refractivity contribution is 9.10. The zero-order valence-corrected chi connectivity index (χ0v) is 13.3. The molecule has 0 aliphatic heterocycles. The van der Waals surface area contributed by atoms with Gasteiger partial charge in [0.25, 0.3) is 0 Å². The van der Waals surface area contributed by atoms with Crippen LogP contribution in [0.2, 0.25) is 0 Å². The monoisotopic (exact) mass is 339 g/mol. The van der Waals surface area contributed by atoms with Crippen molar-refractivity contribution < 1.29 is 4.39 Å². The highest BCUT2D eigenvalue weighted by Gasteiger charge is 2.06. The van der Waals surface area contributed by atoms with Gasteiger partial charge in [-0.05, 0) is 46.1 Å². The van der Waals surface area contributed by atoms with Crippen LogP contribution in [0.15, 0.2) is 35.1 Å². The summed E-state index contributed by atoms with van der Waals surface area (Å²) in [5, 5.41) is 3.38. The fourth-order valence-corrected chi connectivity index (χ4v) is 2.38. The molecule has 0 saturated carbocycles. The fraction of sp³-hybridized carbons (Fsp3) is 0.400. The number of hydrogen-bond donors (Lipinski definition) is 1. The summed E-state index contributed by atoms with van der Waals surface area (Å²) < 4.78 is 15.8. The van der Waals surface area contributed by atoms with E-state index in [1.807, 2.05) is 6.20 Å². The largest absolute Gasteiger partial charge is 0.329 e. The Labute approximate surface area is 127 Å². The van der Waals surface area contributed by atoms with E-state index < -0.39 is 0 Å². The molecular weight excluding hydrogens is 321 g/mol. The number of imidazole rings is 1. The van der Waals surface area contributed by atoms with E-state index in [0.29, 0.717) is 16.9 Å². The summed E-state index contributed by atoms with van der Waals surface area (Å²) in [4.78, 5) is 4.36. The van der Waals surface area contributed by atoms with Gasteiger partial charge in [-0.1, -0.05) is 19.9 Å². The molecule has 3 nitrogen and oxygen atoms in total. The lowest BCUT2D eigenvalue weighted by atomic mass is 10.2. The maximum absolute atomic E-state index is 13.2. The number of benzene rings is 1. The zero-order chi connectivity index (χ0) is 14.5. The summed E-state index contributed by atoms with van der Waals surface area (Å²) in [6, 6.07) is 5.08. The highest BCUT2D eigenvalue weighted by atomic mass is 79.9. The molecule has 20 heavy (non-hydrogen) atoms. The Morgan fingerprint density at radius 2 is 2.20 bits per heavy atom. The number of nitrogens with one attached hydrogen (secondary N) is 1. The molecule has 0 amide bonds. The first-order chi connectivity index (χ1) is 9.56. The molecule has 5 heteroatoms. The molecule has 1 aromatic heterocycles. The quantitative estimate of drug-likeness (QED) is 0.871. The maximum Gasteiger partial charge on any atom is 0.137 e. The summed E-state index contributed by atoms with van der Waals surface area (Å²) in [5.74, 6) is 1.37. The van der Waals surface area contributed by atoms with Gasteiger partial charge >= 0.3 is 0 Å². The molecule has 0 radical (unpaired) electrons. The third-order valence-electron chi connectivity index (χ3n) is 2.97. The molecule has 108 valence electrons. The molecule has 0 saturated heterocycles. The van der Waals surface area contributed by atoms with Crippen molar-refractivity contribution in [1.82, 2.24) is 14.9 Å². The minimum absolute atomic E-state index is 0.238. The summed E-state index contributed by atoms with van der Waals surface area (Å²) in [5.41, 5.74) is 1.04. The number of rotatable bonds is 6. The minimum atomic E-state index is -0.238. The molecule has 0 aliphatic carbocycles. The predicted molar refractivity (Wildman–Crippen MR) is 82.0 cm³/mol. The average Bonchev–Trinajstić information content (AvgIpc) is 2.81. The molecule has 1 aromatic carbocycles. The van der Waals surface area contributed by atoms with E-state index in [0.717, 1.165) is 24.5 Å². The lowest BCUT2D eigenvalue weighted by Crippen LogP contribution is -2.21. The lowest BCUT2D eigenvalue weighted by Gasteiger charge is -2.10. The van der Waals surface area contributed by atoms with Crippen LogP contribution >= 0.6 is 15.9 Å². The van der Waals surface area contributed by atoms with Crippen molar-refractivity contribution in [3.63, 3.8) is 0 Å². The van der Waals surface area contributed by atoms with Crippen molar-refractivity contribution >= 4 is 15.9 Å². The smallest absolute Gasteiger partial charge is 0.137 e. The van der Waals surface area contributed by atoms with E-state index in [-0.39, 0.29) is 5.82 Å². The molecule has 0 atom stereocenters. The molecule has 0 fully saturated rings. The van der Waals surface area contributed by atoms with Gasteiger partial charge in [0, 0.05) is 18.9 Å². The van der Waals surface area contributed by atoms with Gasteiger partial charge in [-0.2, -0.15) is 0 Å². The van der Waals surface area contributed by atoms with Crippen LogP contribution in [0, 0.1) is 11.7 Å². The topological polar surface area (TPSA) is 29.9 Å². The summed E-state index contributed by atoms with van der Waals surface area (Å²) in [7, 11) is 0. The Bertz CT molecular complexity index is 566. The Hall–Kier alpha value is -1.20. The van der Waals surface area contributed by atoms with E-state index >= 15 is 0 Å². The third-order valence-corrected chi connectivity index (χ3v) is 3.58. The second-order valence-corrected chi connectivity index (χ2v) is 6.10. The van der Waals surface area contributed by atoms with Crippen LogP contribution in [-0.2, 0) is 13.1 Å². The van der Waals surface area contributed by atoms with Gasteiger partial charge in [-0.25, -0.2) is 9.37 Å². The van der Waals surface area contributed by atoms with Crippen LogP contribution in [0.3, 0.4) is 0 Å². The second kappa shape index (κ2) is 6.99. The molecule has 0 aliphatic rings. The first-order valence-corrected chi connectivity index (χ1v) is 7.50. The predicted octanol–water partition coefficient (Wildman–Crippen LogP) is 3.58. The van der Waals surface area contributed by atoms with Crippen LogP contribution < -0.4 is 5.32 Å². The van der Waals surface area contributed by atoms with Crippen molar-refractivity contribution in [3.05, 3.63) is 52.3 Å². The second-order valence-electron chi connectivity index (χ2n) is 5.24.